The van der Waals surface area contributed by atoms with Crippen LogP contribution in [-0.4, -0.2) is 72.3 Å². The summed E-state index contributed by atoms with van der Waals surface area (Å²) in [5, 5.41) is 0. The lowest BCUT2D eigenvalue weighted by atomic mass is 10.3. The molecule has 0 spiro atoms. The van der Waals surface area contributed by atoms with Crippen molar-refractivity contribution in [3.8, 4) is 0 Å². The van der Waals surface area contributed by atoms with E-state index in [1.807, 2.05) is 25.1 Å². The standard InChI is InChI=1S/C19H25N5O3S/c1-2-21-8-5-9-23-15-16(14-17(23)19(21)25)28(26,27)24-12-10-22(11-13-24)18-6-3-4-7-20-18/h3-4,6-7,14-15H,2,5,8-13H2,1H3. The SMILES string of the molecule is CCN1CCCn2cc(S(=O)(=O)N3CCN(c4ccccn4)CC3)cc2C1=O. The van der Waals surface area contributed by atoms with E-state index in [0.29, 0.717) is 51.5 Å². The number of anilines is 1. The lowest BCUT2D eigenvalue weighted by molar-refractivity contribution is 0.0766. The normalized spacial score (nSPS) is 18.8. The number of fused-ring (bicyclic) bond motifs is 1. The number of amides is 1. The zero-order valence-electron chi connectivity index (χ0n) is 16.0. The second-order valence-electron chi connectivity index (χ2n) is 7.07. The first-order valence-electron chi connectivity index (χ1n) is 9.66. The number of piperazine rings is 1. The third-order valence-corrected chi connectivity index (χ3v) is 7.30. The van der Waals surface area contributed by atoms with Gasteiger partial charge in [-0.3, -0.25) is 4.79 Å². The van der Waals surface area contributed by atoms with Gasteiger partial charge in [0.15, 0.2) is 0 Å². The van der Waals surface area contributed by atoms with E-state index < -0.39 is 10.0 Å². The molecule has 0 aromatic carbocycles. The molecule has 0 saturated carbocycles. The Labute approximate surface area is 165 Å². The summed E-state index contributed by atoms with van der Waals surface area (Å²) >= 11 is 0. The number of aryl methyl sites for hydroxylation is 1. The van der Waals surface area contributed by atoms with Gasteiger partial charge in [-0.25, -0.2) is 13.4 Å². The van der Waals surface area contributed by atoms with Crippen molar-refractivity contribution in [3.05, 3.63) is 42.4 Å². The van der Waals surface area contributed by atoms with Crippen LogP contribution in [0.25, 0.3) is 0 Å². The lowest BCUT2D eigenvalue weighted by Gasteiger charge is -2.34. The van der Waals surface area contributed by atoms with Crippen LogP contribution in [0.15, 0.2) is 41.6 Å². The fourth-order valence-corrected chi connectivity index (χ4v) is 5.30. The van der Waals surface area contributed by atoms with E-state index in [1.165, 1.54) is 10.4 Å². The number of rotatable bonds is 4. The zero-order chi connectivity index (χ0) is 19.7. The molecular formula is C19H25N5O3S. The highest BCUT2D eigenvalue weighted by Crippen LogP contribution is 2.24. The van der Waals surface area contributed by atoms with Gasteiger partial charge in [0.25, 0.3) is 5.91 Å². The summed E-state index contributed by atoms with van der Waals surface area (Å²) in [6.07, 6.45) is 4.18. The number of hydrogen-bond acceptors (Lipinski definition) is 5. The summed E-state index contributed by atoms with van der Waals surface area (Å²) < 4.78 is 29.6. The van der Waals surface area contributed by atoms with Crippen molar-refractivity contribution in [2.24, 2.45) is 0 Å². The topological polar surface area (TPSA) is 78.8 Å². The molecule has 2 aliphatic rings. The molecule has 0 unspecified atom stereocenters. The summed E-state index contributed by atoms with van der Waals surface area (Å²) in [4.78, 5) is 21.1. The second-order valence-corrected chi connectivity index (χ2v) is 9.01. The van der Waals surface area contributed by atoms with E-state index in [-0.39, 0.29) is 10.8 Å². The van der Waals surface area contributed by atoms with E-state index in [0.717, 1.165) is 12.2 Å². The Balaban J connectivity index is 1.52. The fraction of sp³-hybridized carbons (Fsp3) is 0.474. The molecule has 0 radical (unpaired) electrons. The zero-order valence-corrected chi connectivity index (χ0v) is 16.8. The highest BCUT2D eigenvalue weighted by molar-refractivity contribution is 7.89. The third kappa shape index (κ3) is 3.40. The van der Waals surface area contributed by atoms with Gasteiger partial charge < -0.3 is 14.4 Å². The molecule has 9 heteroatoms. The van der Waals surface area contributed by atoms with E-state index >= 15 is 0 Å². The molecule has 2 aromatic heterocycles. The van der Waals surface area contributed by atoms with Crippen LogP contribution < -0.4 is 4.90 Å². The van der Waals surface area contributed by atoms with Crippen molar-refractivity contribution >= 4 is 21.7 Å². The van der Waals surface area contributed by atoms with Crippen molar-refractivity contribution in [2.45, 2.75) is 24.8 Å². The molecule has 4 rings (SSSR count). The van der Waals surface area contributed by atoms with Gasteiger partial charge in [-0.05, 0) is 31.5 Å². The van der Waals surface area contributed by atoms with Crippen LogP contribution in [0.4, 0.5) is 5.82 Å². The molecule has 1 amide bonds. The molecule has 4 heterocycles. The molecule has 8 nitrogen and oxygen atoms in total. The van der Waals surface area contributed by atoms with Crippen LogP contribution in [0, 0.1) is 0 Å². The van der Waals surface area contributed by atoms with Gasteiger partial charge in [0.05, 0.1) is 0 Å². The van der Waals surface area contributed by atoms with Gasteiger partial charge >= 0.3 is 0 Å². The predicted octanol–water partition coefficient (Wildman–Crippen LogP) is 1.26. The van der Waals surface area contributed by atoms with Crippen LogP contribution in [0.3, 0.4) is 0 Å². The highest BCUT2D eigenvalue weighted by atomic mass is 32.2. The molecule has 0 bridgehead atoms. The van der Waals surface area contributed by atoms with Gasteiger partial charge in [0.1, 0.15) is 16.4 Å². The summed E-state index contributed by atoms with van der Waals surface area (Å²) in [5.41, 5.74) is 0.463. The molecule has 28 heavy (non-hydrogen) atoms. The average Bonchev–Trinajstić information content (AvgIpc) is 3.10. The Morgan fingerprint density at radius 2 is 1.86 bits per heavy atom. The average molecular weight is 404 g/mol. The number of sulfonamides is 1. The van der Waals surface area contributed by atoms with Crippen LogP contribution in [0.1, 0.15) is 23.8 Å². The first kappa shape index (κ1) is 18.9. The maximum atomic E-state index is 13.1. The summed E-state index contributed by atoms with van der Waals surface area (Å²) in [6, 6.07) is 7.26. The molecule has 150 valence electrons. The molecule has 2 aliphatic heterocycles. The molecule has 1 fully saturated rings. The van der Waals surface area contributed by atoms with E-state index in [4.69, 9.17) is 0 Å². The van der Waals surface area contributed by atoms with Gasteiger partial charge in [-0.1, -0.05) is 6.07 Å². The lowest BCUT2D eigenvalue weighted by Crippen LogP contribution is -2.48. The van der Waals surface area contributed by atoms with Gasteiger partial charge in [0.2, 0.25) is 10.0 Å². The summed E-state index contributed by atoms with van der Waals surface area (Å²) in [7, 11) is -3.63. The number of pyridine rings is 1. The Morgan fingerprint density at radius 1 is 1.07 bits per heavy atom. The van der Waals surface area contributed by atoms with Crippen molar-refractivity contribution in [2.75, 3.05) is 44.2 Å². The fourth-order valence-electron chi connectivity index (χ4n) is 3.83. The Hall–Kier alpha value is -2.39. The summed E-state index contributed by atoms with van der Waals surface area (Å²) in [6.45, 7) is 5.90. The molecule has 1 saturated heterocycles. The number of hydrogen-bond donors (Lipinski definition) is 0. The van der Waals surface area contributed by atoms with Crippen LogP contribution in [-0.2, 0) is 16.6 Å². The first-order chi connectivity index (χ1) is 13.5. The highest BCUT2D eigenvalue weighted by Gasteiger charge is 2.32. The number of aromatic nitrogens is 2. The maximum Gasteiger partial charge on any atom is 0.270 e. The predicted molar refractivity (Wildman–Crippen MR) is 106 cm³/mol. The van der Waals surface area contributed by atoms with Crippen molar-refractivity contribution in [3.63, 3.8) is 0 Å². The minimum Gasteiger partial charge on any atom is -0.354 e. The quantitative estimate of drug-likeness (QED) is 0.768. The Kier molecular flexibility index (Phi) is 5.11. The smallest absolute Gasteiger partial charge is 0.270 e. The number of carbonyl (C=O) groups excluding carboxylic acids is 1. The number of nitrogens with zero attached hydrogens (tertiary/aromatic N) is 5. The Bertz CT molecular complexity index is 949. The Morgan fingerprint density at radius 3 is 2.54 bits per heavy atom. The van der Waals surface area contributed by atoms with Gasteiger partial charge in [0, 0.05) is 58.2 Å². The van der Waals surface area contributed by atoms with Gasteiger partial charge in [-0.2, -0.15) is 4.31 Å². The van der Waals surface area contributed by atoms with E-state index in [2.05, 4.69) is 9.88 Å². The number of carbonyl (C=O) groups is 1. The monoisotopic (exact) mass is 403 g/mol. The van der Waals surface area contributed by atoms with Crippen molar-refractivity contribution < 1.29 is 13.2 Å². The van der Waals surface area contributed by atoms with Crippen LogP contribution >= 0.6 is 0 Å². The van der Waals surface area contributed by atoms with E-state index in [9.17, 15) is 13.2 Å². The molecular weight excluding hydrogens is 378 g/mol. The van der Waals surface area contributed by atoms with Crippen molar-refractivity contribution in [1.29, 1.82) is 0 Å². The second kappa shape index (κ2) is 7.56. The van der Waals surface area contributed by atoms with Crippen LogP contribution in [0.5, 0.6) is 0 Å². The van der Waals surface area contributed by atoms with Crippen molar-refractivity contribution in [1.82, 2.24) is 18.8 Å². The molecule has 0 N–H and O–H groups in total. The molecule has 2 aromatic rings. The van der Waals surface area contributed by atoms with Gasteiger partial charge in [-0.15, -0.1) is 0 Å². The third-order valence-electron chi connectivity index (χ3n) is 5.44. The van der Waals surface area contributed by atoms with E-state index in [1.54, 1.807) is 21.9 Å². The summed E-state index contributed by atoms with van der Waals surface area (Å²) in [5.74, 6) is 0.766. The maximum absolute atomic E-state index is 13.1. The first-order valence-corrected chi connectivity index (χ1v) is 11.1. The minimum atomic E-state index is -3.63. The van der Waals surface area contributed by atoms with Crippen LogP contribution in [0.2, 0.25) is 0 Å². The molecule has 0 atom stereocenters. The minimum absolute atomic E-state index is 0.0959. The molecule has 0 aliphatic carbocycles. The largest absolute Gasteiger partial charge is 0.354 e.